The third-order valence-electron chi connectivity index (χ3n) is 7.73. The Labute approximate surface area is 223 Å². The Hall–Kier alpha value is -3.46. The molecule has 2 bridgehead atoms. The Morgan fingerprint density at radius 2 is 1.76 bits per heavy atom. The minimum atomic E-state index is -0.549. The Morgan fingerprint density at radius 3 is 2.37 bits per heavy atom. The van der Waals surface area contributed by atoms with Crippen molar-refractivity contribution in [3.63, 3.8) is 0 Å². The first-order chi connectivity index (χ1) is 18.3. The lowest BCUT2D eigenvalue weighted by atomic mass is 9.96. The minimum absolute atomic E-state index is 0.0543. The van der Waals surface area contributed by atoms with Crippen LogP contribution in [-0.4, -0.2) is 60.0 Å². The molecule has 1 aromatic heterocycles. The van der Waals surface area contributed by atoms with Gasteiger partial charge in [-0.3, -0.25) is 14.4 Å². The van der Waals surface area contributed by atoms with Crippen molar-refractivity contribution in [2.45, 2.75) is 76.6 Å². The van der Waals surface area contributed by atoms with E-state index in [0.717, 1.165) is 44.3 Å². The van der Waals surface area contributed by atoms with E-state index in [-0.39, 0.29) is 29.8 Å². The number of nitrogens with one attached hydrogen (secondary N) is 2. The van der Waals surface area contributed by atoms with Gasteiger partial charge in [0.15, 0.2) is 5.78 Å². The minimum Gasteiger partial charge on any atom is -0.382 e. The van der Waals surface area contributed by atoms with Gasteiger partial charge in [0.2, 0.25) is 0 Å². The van der Waals surface area contributed by atoms with Crippen LogP contribution in [0.25, 0.3) is 0 Å². The molecular formula is C29H37N5O4. The topological polar surface area (TPSA) is 127 Å². The van der Waals surface area contributed by atoms with Crippen LogP contribution < -0.4 is 21.3 Å². The number of Topliss-reactive ketones (excluding diaryl/α,β-unsaturated/α-hetero) is 1. The van der Waals surface area contributed by atoms with Crippen LogP contribution in [0.3, 0.4) is 0 Å². The highest BCUT2D eigenvalue weighted by atomic mass is 16.5. The number of aromatic nitrogens is 1. The Kier molecular flexibility index (Phi) is 7.65. The summed E-state index contributed by atoms with van der Waals surface area (Å²) in [5, 5.41) is 6.39. The quantitative estimate of drug-likeness (QED) is 0.306. The Bertz CT molecular complexity index is 1180. The number of nitrogens with zero attached hydrogens (tertiary/aromatic N) is 2. The zero-order valence-corrected chi connectivity index (χ0v) is 22.1. The lowest BCUT2D eigenvalue weighted by Gasteiger charge is -2.40. The van der Waals surface area contributed by atoms with E-state index in [2.05, 4.69) is 20.5 Å². The second kappa shape index (κ2) is 11.1. The number of pyridine rings is 1. The number of hydrogen-bond acceptors (Lipinski definition) is 7. The molecule has 9 nitrogen and oxygen atoms in total. The van der Waals surface area contributed by atoms with E-state index in [1.54, 1.807) is 24.4 Å². The van der Waals surface area contributed by atoms with E-state index in [9.17, 15) is 14.4 Å². The van der Waals surface area contributed by atoms with Gasteiger partial charge in [-0.25, -0.2) is 4.98 Å². The summed E-state index contributed by atoms with van der Waals surface area (Å²) >= 11 is 0. The van der Waals surface area contributed by atoms with Gasteiger partial charge in [-0.05, 0) is 82.7 Å². The molecular weight excluding hydrogens is 482 g/mol. The lowest BCUT2D eigenvalue weighted by Crippen LogP contribution is -2.50. The van der Waals surface area contributed by atoms with Gasteiger partial charge >= 0.3 is 0 Å². The summed E-state index contributed by atoms with van der Waals surface area (Å²) in [5.74, 6) is 0.595. The van der Waals surface area contributed by atoms with Crippen LogP contribution in [0.15, 0.2) is 36.5 Å². The first-order valence-corrected chi connectivity index (χ1v) is 13.7. The number of rotatable bonds is 11. The molecule has 5 rings (SSSR count). The van der Waals surface area contributed by atoms with E-state index in [1.807, 2.05) is 26.0 Å². The van der Waals surface area contributed by atoms with E-state index >= 15 is 0 Å². The van der Waals surface area contributed by atoms with Crippen LogP contribution in [0, 0.1) is 5.92 Å². The van der Waals surface area contributed by atoms with Crippen molar-refractivity contribution in [1.82, 2.24) is 10.3 Å². The fourth-order valence-electron chi connectivity index (χ4n) is 5.73. The van der Waals surface area contributed by atoms with Gasteiger partial charge in [-0.1, -0.05) is 0 Å². The number of carbonyl (C=O) groups is 3. The summed E-state index contributed by atoms with van der Waals surface area (Å²) in [6.45, 7) is 4.89. The number of benzene rings is 1. The first kappa shape index (κ1) is 26.2. The molecule has 0 radical (unpaired) electrons. The molecule has 0 spiro atoms. The maximum Gasteiger partial charge on any atom is 0.251 e. The summed E-state index contributed by atoms with van der Waals surface area (Å²) in [6.07, 6.45) is 7.60. The van der Waals surface area contributed by atoms with Gasteiger partial charge in [0, 0.05) is 53.6 Å². The smallest absolute Gasteiger partial charge is 0.251 e. The zero-order valence-electron chi connectivity index (χ0n) is 22.1. The number of anilines is 2. The highest BCUT2D eigenvalue weighted by molar-refractivity contribution is 6.02. The standard InChI is InChI=1S/C29H37N5O4/c1-17(2)38-12-11-31-25-13-19(5-9-24(25)28(30)36)29(37)33-21-14-22-7-8-23(15-21)34(22)26-10-6-20(16-32-26)27(35)18-3-4-18/h5-6,9-10,13,16-18,21-23,31H,3-4,7-8,11-12,14-15H2,1-2H3,(H2,30,36)(H,33,37)/t21?,22-,23+. The van der Waals surface area contributed by atoms with Crippen molar-refractivity contribution in [3.05, 3.63) is 53.2 Å². The molecule has 4 N–H and O–H groups in total. The molecule has 3 aliphatic rings. The molecule has 1 unspecified atom stereocenters. The number of ketones is 1. The maximum atomic E-state index is 13.2. The molecule has 3 atom stereocenters. The second-order valence-electron chi connectivity index (χ2n) is 10.9. The normalized spacial score (nSPS) is 22.4. The van der Waals surface area contributed by atoms with Gasteiger partial charge < -0.3 is 26.0 Å². The van der Waals surface area contributed by atoms with Crippen LogP contribution in [-0.2, 0) is 4.74 Å². The number of piperidine rings is 1. The largest absolute Gasteiger partial charge is 0.382 e. The number of primary amides is 1. The SMILES string of the molecule is CC(C)OCCNc1cc(C(=O)NC2C[C@H]3CC[C@@H](C2)N3c2ccc(C(=O)C3CC3)cn2)ccc1C(N)=O. The molecule has 2 saturated heterocycles. The van der Waals surface area contributed by atoms with E-state index in [0.29, 0.717) is 47.6 Å². The molecule has 3 fully saturated rings. The molecule has 2 aromatic rings. The number of ether oxygens (including phenoxy) is 1. The summed E-state index contributed by atoms with van der Waals surface area (Å²) < 4.78 is 5.56. The zero-order chi connectivity index (χ0) is 26.8. The van der Waals surface area contributed by atoms with Gasteiger partial charge in [0.05, 0.1) is 18.3 Å². The van der Waals surface area contributed by atoms with Gasteiger partial charge in [-0.15, -0.1) is 0 Å². The molecule has 38 heavy (non-hydrogen) atoms. The fraction of sp³-hybridized carbons (Fsp3) is 0.517. The average Bonchev–Trinajstić information content (AvgIpc) is 3.71. The van der Waals surface area contributed by atoms with E-state index in [4.69, 9.17) is 10.5 Å². The fourth-order valence-corrected chi connectivity index (χ4v) is 5.73. The monoisotopic (exact) mass is 519 g/mol. The number of fused-ring (bicyclic) bond motifs is 2. The summed E-state index contributed by atoms with van der Waals surface area (Å²) in [6, 6.07) is 9.45. The van der Waals surface area contributed by atoms with Gasteiger partial charge in [-0.2, -0.15) is 0 Å². The van der Waals surface area contributed by atoms with Crippen molar-refractivity contribution < 1.29 is 19.1 Å². The first-order valence-electron chi connectivity index (χ1n) is 13.7. The van der Waals surface area contributed by atoms with Crippen molar-refractivity contribution in [1.29, 1.82) is 0 Å². The van der Waals surface area contributed by atoms with Crippen LogP contribution >= 0.6 is 0 Å². The molecule has 2 aliphatic heterocycles. The van der Waals surface area contributed by atoms with Crippen LogP contribution in [0.1, 0.15) is 83.4 Å². The Balaban J connectivity index is 1.21. The van der Waals surface area contributed by atoms with Crippen molar-refractivity contribution in [2.24, 2.45) is 11.7 Å². The predicted octanol–water partition coefficient (Wildman–Crippen LogP) is 3.54. The lowest BCUT2D eigenvalue weighted by molar-refractivity contribution is 0.0869. The molecule has 1 saturated carbocycles. The third kappa shape index (κ3) is 5.83. The maximum absolute atomic E-state index is 13.2. The van der Waals surface area contributed by atoms with E-state index < -0.39 is 5.91 Å². The summed E-state index contributed by atoms with van der Waals surface area (Å²) in [5.41, 5.74) is 7.60. The highest BCUT2D eigenvalue weighted by Gasteiger charge is 2.42. The van der Waals surface area contributed by atoms with Gasteiger partial charge in [0.1, 0.15) is 5.82 Å². The van der Waals surface area contributed by atoms with Crippen LogP contribution in [0.4, 0.5) is 11.5 Å². The highest BCUT2D eigenvalue weighted by Crippen LogP contribution is 2.39. The summed E-state index contributed by atoms with van der Waals surface area (Å²) in [4.78, 5) is 44.4. The number of hydrogen-bond donors (Lipinski definition) is 3. The van der Waals surface area contributed by atoms with Crippen molar-refractivity contribution >= 4 is 29.1 Å². The second-order valence-corrected chi connectivity index (χ2v) is 10.9. The predicted molar refractivity (Wildman–Crippen MR) is 146 cm³/mol. The average molecular weight is 520 g/mol. The van der Waals surface area contributed by atoms with E-state index in [1.165, 1.54) is 0 Å². The number of nitrogens with two attached hydrogens (primary N) is 1. The summed E-state index contributed by atoms with van der Waals surface area (Å²) in [7, 11) is 0. The molecule has 1 aliphatic carbocycles. The Morgan fingerprint density at radius 1 is 1.05 bits per heavy atom. The van der Waals surface area contributed by atoms with Crippen molar-refractivity contribution in [3.8, 4) is 0 Å². The molecule has 3 heterocycles. The molecule has 9 heteroatoms. The molecule has 2 amide bonds. The number of amides is 2. The third-order valence-corrected chi connectivity index (χ3v) is 7.73. The van der Waals surface area contributed by atoms with Crippen LogP contribution in [0.5, 0.6) is 0 Å². The van der Waals surface area contributed by atoms with Gasteiger partial charge in [0.25, 0.3) is 11.8 Å². The van der Waals surface area contributed by atoms with Crippen LogP contribution in [0.2, 0.25) is 0 Å². The molecule has 1 aromatic carbocycles. The van der Waals surface area contributed by atoms with Crippen molar-refractivity contribution in [2.75, 3.05) is 23.4 Å². The number of carbonyl (C=O) groups excluding carboxylic acids is 3. The molecule has 202 valence electrons.